The number of thiophene rings is 1. The summed E-state index contributed by atoms with van der Waals surface area (Å²) in [6, 6.07) is 8.73. The van der Waals surface area contributed by atoms with Gasteiger partial charge in [0.15, 0.2) is 0 Å². The molecule has 3 heterocycles. The topological polar surface area (TPSA) is 28.2 Å². The highest BCUT2D eigenvalue weighted by atomic mass is 35.5. The van der Waals surface area contributed by atoms with Crippen molar-refractivity contribution in [3.8, 4) is 0 Å². The fourth-order valence-electron chi connectivity index (χ4n) is 2.79. The predicted octanol–water partition coefficient (Wildman–Crippen LogP) is 3.51. The molecule has 3 nitrogen and oxygen atoms in total. The van der Waals surface area contributed by atoms with Gasteiger partial charge in [0, 0.05) is 24.0 Å². The Morgan fingerprint density at radius 2 is 2.35 bits per heavy atom. The first-order chi connectivity index (χ1) is 9.79. The molecular formula is C15H18ClN3S. The summed E-state index contributed by atoms with van der Waals surface area (Å²) >= 11 is 7.80. The van der Waals surface area contributed by atoms with Crippen LogP contribution in [0.4, 0.5) is 5.69 Å². The summed E-state index contributed by atoms with van der Waals surface area (Å²) in [5.74, 6) is 0. The van der Waals surface area contributed by atoms with Gasteiger partial charge in [-0.3, -0.25) is 4.98 Å². The summed E-state index contributed by atoms with van der Waals surface area (Å²) in [7, 11) is 2.00. The number of pyridine rings is 1. The van der Waals surface area contributed by atoms with Gasteiger partial charge in [0.05, 0.1) is 21.8 Å². The summed E-state index contributed by atoms with van der Waals surface area (Å²) in [5.41, 5.74) is 2.49. The zero-order valence-electron chi connectivity index (χ0n) is 11.5. The third kappa shape index (κ3) is 2.68. The summed E-state index contributed by atoms with van der Waals surface area (Å²) in [6.45, 7) is 2.03. The second kappa shape index (κ2) is 6.12. The van der Waals surface area contributed by atoms with Gasteiger partial charge in [0.25, 0.3) is 0 Å². The van der Waals surface area contributed by atoms with E-state index in [0.717, 1.165) is 30.3 Å². The van der Waals surface area contributed by atoms with Crippen molar-refractivity contribution in [1.29, 1.82) is 0 Å². The fourth-order valence-corrected chi connectivity index (χ4v) is 4.00. The van der Waals surface area contributed by atoms with Gasteiger partial charge in [-0.1, -0.05) is 11.6 Å². The molecule has 2 aromatic heterocycles. The Balaban J connectivity index is 1.90. The monoisotopic (exact) mass is 307 g/mol. The third-order valence-corrected chi connectivity index (χ3v) is 5.06. The number of hydrogen-bond donors (Lipinski definition) is 1. The average molecular weight is 308 g/mol. The number of aromatic nitrogens is 1. The number of fused-ring (bicyclic) bond motifs is 1. The van der Waals surface area contributed by atoms with E-state index in [1.54, 1.807) is 11.3 Å². The fraction of sp³-hybridized carbons (Fsp3) is 0.400. The number of anilines is 1. The van der Waals surface area contributed by atoms with Crippen LogP contribution in [-0.4, -0.2) is 25.1 Å². The van der Waals surface area contributed by atoms with E-state index in [2.05, 4.69) is 27.3 Å². The van der Waals surface area contributed by atoms with Crippen LogP contribution in [0, 0.1) is 0 Å². The van der Waals surface area contributed by atoms with E-state index >= 15 is 0 Å². The van der Waals surface area contributed by atoms with Crippen molar-refractivity contribution in [3.05, 3.63) is 45.4 Å². The summed E-state index contributed by atoms with van der Waals surface area (Å²) in [6.07, 6.45) is 3.99. The first-order valence-corrected chi connectivity index (χ1v) is 8.09. The van der Waals surface area contributed by atoms with Crippen molar-refractivity contribution in [3.63, 3.8) is 0 Å². The quantitative estimate of drug-likeness (QED) is 0.916. The van der Waals surface area contributed by atoms with Crippen molar-refractivity contribution in [2.24, 2.45) is 0 Å². The highest BCUT2D eigenvalue weighted by molar-refractivity contribution is 7.16. The van der Waals surface area contributed by atoms with E-state index in [0.29, 0.717) is 6.04 Å². The van der Waals surface area contributed by atoms with E-state index in [9.17, 15) is 0 Å². The standard InChI is InChI=1S/C15H18ClN3S/c1-17-9-6-13(14-4-5-15(16)20-14)19-10-7-11-12(19)3-2-8-18-11/h2-5,8,13,17H,6-7,9-10H2,1H3/t13-/m0/s1. The van der Waals surface area contributed by atoms with Crippen LogP contribution in [0.3, 0.4) is 0 Å². The maximum atomic E-state index is 6.12. The van der Waals surface area contributed by atoms with Crippen LogP contribution in [-0.2, 0) is 6.42 Å². The van der Waals surface area contributed by atoms with E-state index in [4.69, 9.17) is 11.6 Å². The van der Waals surface area contributed by atoms with Gasteiger partial charge in [-0.15, -0.1) is 11.3 Å². The van der Waals surface area contributed by atoms with Crippen LogP contribution >= 0.6 is 22.9 Å². The van der Waals surface area contributed by atoms with Crippen LogP contribution in [0.25, 0.3) is 0 Å². The number of hydrogen-bond acceptors (Lipinski definition) is 4. The lowest BCUT2D eigenvalue weighted by Crippen LogP contribution is -2.28. The van der Waals surface area contributed by atoms with E-state index in [-0.39, 0.29) is 0 Å². The highest BCUT2D eigenvalue weighted by Gasteiger charge is 2.28. The van der Waals surface area contributed by atoms with Gasteiger partial charge in [0.2, 0.25) is 0 Å². The maximum absolute atomic E-state index is 6.12. The first-order valence-electron chi connectivity index (χ1n) is 6.90. The molecular weight excluding hydrogens is 290 g/mol. The Labute approximate surface area is 128 Å². The third-order valence-electron chi connectivity index (χ3n) is 3.73. The van der Waals surface area contributed by atoms with Gasteiger partial charge in [-0.25, -0.2) is 0 Å². The number of rotatable bonds is 5. The first kappa shape index (κ1) is 13.9. The Morgan fingerprint density at radius 1 is 1.45 bits per heavy atom. The van der Waals surface area contributed by atoms with Gasteiger partial charge in [0.1, 0.15) is 0 Å². The molecule has 0 aromatic carbocycles. The Bertz CT molecular complexity index is 584. The Morgan fingerprint density at radius 3 is 3.10 bits per heavy atom. The van der Waals surface area contributed by atoms with Gasteiger partial charge in [-0.2, -0.15) is 0 Å². The van der Waals surface area contributed by atoms with Gasteiger partial charge in [-0.05, 0) is 44.3 Å². The second-order valence-electron chi connectivity index (χ2n) is 4.96. The van der Waals surface area contributed by atoms with Crippen molar-refractivity contribution in [2.75, 3.05) is 25.0 Å². The molecule has 0 unspecified atom stereocenters. The molecule has 2 aromatic rings. The van der Waals surface area contributed by atoms with E-state index in [1.807, 2.05) is 25.4 Å². The molecule has 0 fully saturated rings. The molecule has 1 N–H and O–H groups in total. The van der Waals surface area contributed by atoms with Gasteiger partial charge < -0.3 is 10.2 Å². The molecule has 0 spiro atoms. The molecule has 0 saturated heterocycles. The van der Waals surface area contributed by atoms with Crippen LogP contribution < -0.4 is 10.2 Å². The van der Waals surface area contributed by atoms with Gasteiger partial charge >= 0.3 is 0 Å². The lowest BCUT2D eigenvalue weighted by Gasteiger charge is -2.29. The lowest BCUT2D eigenvalue weighted by atomic mass is 10.1. The molecule has 1 atom stereocenters. The smallest absolute Gasteiger partial charge is 0.0932 e. The highest BCUT2D eigenvalue weighted by Crippen LogP contribution is 2.38. The zero-order chi connectivity index (χ0) is 13.9. The minimum atomic E-state index is 0.380. The van der Waals surface area contributed by atoms with Crippen LogP contribution in [0.5, 0.6) is 0 Å². The number of nitrogens with zero attached hydrogens (tertiary/aromatic N) is 2. The molecule has 0 radical (unpaired) electrons. The van der Waals surface area contributed by atoms with E-state index in [1.165, 1.54) is 16.3 Å². The second-order valence-corrected chi connectivity index (χ2v) is 6.71. The van der Waals surface area contributed by atoms with Crippen LogP contribution in [0.2, 0.25) is 4.34 Å². The average Bonchev–Trinajstić information content (AvgIpc) is 3.07. The molecule has 3 rings (SSSR count). The summed E-state index contributed by atoms with van der Waals surface area (Å²) in [5, 5.41) is 3.25. The molecule has 0 aliphatic carbocycles. The number of nitrogens with one attached hydrogen (secondary N) is 1. The summed E-state index contributed by atoms with van der Waals surface area (Å²) < 4.78 is 0.861. The summed E-state index contributed by atoms with van der Waals surface area (Å²) in [4.78, 5) is 8.30. The Kier molecular flexibility index (Phi) is 4.24. The Hall–Kier alpha value is -1.10. The van der Waals surface area contributed by atoms with Crippen molar-refractivity contribution in [1.82, 2.24) is 10.3 Å². The molecule has 1 aliphatic heterocycles. The van der Waals surface area contributed by atoms with Crippen molar-refractivity contribution >= 4 is 28.6 Å². The zero-order valence-corrected chi connectivity index (χ0v) is 13.0. The van der Waals surface area contributed by atoms with Crippen LogP contribution in [0.1, 0.15) is 23.0 Å². The minimum Gasteiger partial charge on any atom is -0.362 e. The molecule has 0 saturated carbocycles. The molecule has 0 bridgehead atoms. The van der Waals surface area contributed by atoms with Crippen LogP contribution in [0.15, 0.2) is 30.5 Å². The largest absolute Gasteiger partial charge is 0.362 e. The van der Waals surface area contributed by atoms with Crippen molar-refractivity contribution in [2.45, 2.75) is 18.9 Å². The number of halogens is 1. The molecule has 1 aliphatic rings. The van der Waals surface area contributed by atoms with E-state index < -0.39 is 0 Å². The predicted molar refractivity (Wildman–Crippen MR) is 85.9 cm³/mol. The molecule has 0 amide bonds. The molecule has 20 heavy (non-hydrogen) atoms. The molecule has 5 heteroatoms. The molecule has 106 valence electrons. The lowest BCUT2D eigenvalue weighted by molar-refractivity contribution is 0.576. The van der Waals surface area contributed by atoms with Crippen molar-refractivity contribution < 1.29 is 0 Å². The normalized spacial score (nSPS) is 15.4. The minimum absolute atomic E-state index is 0.380. The SMILES string of the molecule is CNCC[C@@H](c1ccc(Cl)s1)N1CCc2ncccc21. The maximum Gasteiger partial charge on any atom is 0.0932 e.